The van der Waals surface area contributed by atoms with E-state index in [2.05, 4.69) is 12.2 Å². The van der Waals surface area contributed by atoms with Crippen LogP contribution in [0.3, 0.4) is 0 Å². The van der Waals surface area contributed by atoms with Crippen LogP contribution in [0, 0.1) is 6.92 Å². The molecule has 1 atom stereocenters. The van der Waals surface area contributed by atoms with Crippen molar-refractivity contribution in [3.05, 3.63) is 6.92 Å². The molecule has 1 rings (SSSR count). The van der Waals surface area contributed by atoms with Gasteiger partial charge in [0.1, 0.15) is 0 Å². The summed E-state index contributed by atoms with van der Waals surface area (Å²) in [6, 6.07) is 0. The van der Waals surface area contributed by atoms with Crippen molar-refractivity contribution in [2.45, 2.75) is 12.5 Å². The fourth-order valence-corrected chi connectivity index (χ4v) is 0.641. The van der Waals surface area contributed by atoms with Gasteiger partial charge in [-0.05, 0) is 6.42 Å². The van der Waals surface area contributed by atoms with E-state index in [1.807, 2.05) is 0 Å². The molecule has 7 heavy (non-hydrogen) atoms. The Bertz CT molecular complexity index is 50.0. The van der Waals surface area contributed by atoms with Crippen molar-refractivity contribution in [2.24, 2.45) is 0 Å². The topological polar surface area (TPSA) is 21.3 Å². The molecular formula is C5H10NO. The average molecular weight is 100 g/mol. The summed E-state index contributed by atoms with van der Waals surface area (Å²) in [6.07, 6.45) is 1.26. The minimum atomic E-state index is 0.375. The third-order valence-electron chi connectivity index (χ3n) is 1.12. The van der Waals surface area contributed by atoms with E-state index in [1.54, 1.807) is 0 Å². The van der Waals surface area contributed by atoms with Crippen molar-refractivity contribution >= 4 is 0 Å². The zero-order chi connectivity index (χ0) is 5.11. The Morgan fingerprint density at radius 3 is 3.00 bits per heavy atom. The second-order valence-corrected chi connectivity index (χ2v) is 1.68. The van der Waals surface area contributed by atoms with Gasteiger partial charge in [0.2, 0.25) is 0 Å². The molecule has 1 N–H and O–H groups in total. The van der Waals surface area contributed by atoms with Gasteiger partial charge in [-0.15, -0.1) is 0 Å². The van der Waals surface area contributed by atoms with E-state index in [1.165, 1.54) is 0 Å². The van der Waals surface area contributed by atoms with E-state index in [0.29, 0.717) is 12.8 Å². The summed E-state index contributed by atoms with van der Waals surface area (Å²) in [4.78, 5) is 0. The summed E-state index contributed by atoms with van der Waals surface area (Å²) >= 11 is 0. The number of hydrogen-bond donors (Lipinski definition) is 1. The highest BCUT2D eigenvalue weighted by Gasteiger charge is 2.10. The quantitative estimate of drug-likeness (QED) is 0.506. The van der Waals surface area contributed by atoms with Gasteiger partial charge in [-0.3, -0.25) is 5.32 Å². The molecule has 1 heterocycles. The van der Waals surface area contributed by atoms with E-state index in [4.69, 9.17) is 4.74 Å². The highest BCUT2D eigenvalue weighted by atomic mass is 16.5. The molecule has 1 unspecified atom stereocenters. The smallest absolute Gasteiger partial charge is 0.0970 e. The normalized spacial score (nSPS) is 31.3. The molecule has 0 aromatic carbocycles. The standard InChI is InChI=1S/C5H10NO/c1-2-5-3-6-4-7-5/h5-6H,1-4H2. The van der Waals surface area contributed by atoms with Crippen molar-refractivity contribution in [3.8, 4) is 0 Å². The van der Waals surface area contributed by atoms with Gasteiger partial charge < -0.3 is 4.74 Å². The summed E-state index contributed by atoms with van der Waals surface area (Å²) < 4.78 is 5.13. The molecule has 1 radical (unpaired) electrons. The predicted molar refractivity (Wildman–Crippen MR) is 27.7 cm³/mol. The van der Waals surface area contributed by atoms with Gasteiger partial charge in [0.05, 0.1) is 12.8 Å². The SMILES string of the molecule is [CH2]CC1CNCO1. The predicted octanol–water partition coefficient (Wildman–Crippen LogP) is 0.156. The summed E-state index contributed by atoms with van der Waals surface area (Å²) in [7, 11) is 0. The molecular weight excluding hydrogens is 90.1 g/mol. The lowest BCUT2D eigenvalue weighted by atomic mass is 10.3. The Balaban J connectivity index is 2.14. The van der Waals surface area contributed by atoms with Gasteiger partial charge in [0.25, 0.3) is 0 Å². The molecule has 0 amide bonds. The van der Waals surface area contributed by atoms with Crippen LogP contribution in [0.15, 0.2) is 0 Å². The minimum absolute atomic E-state index is 0.375. The first-order valence-corrected chi connectivity index (χ1v) is 2.55. The third kappa shape index (κ3) is 1.14. The van der Waals surface area contributed by atoms with Crippen LogP contribution in [0.25, 0.3) is 0 Å². The van der Waals surface area contributed by atoms with Gasteiger partial charge in [-0.2, -0.15) is 0 Å². The zero-order valence-corrected chi connectivity index (χ0v) is 4.31. The highest BCUT2D eigenvalue weighted by Crippen LogP contribution is 1.98. The first-order chi connectivity index (χ1) is 3.43. The molecule has 1 fully saturated rings. The van der Waals surface area contributed by atoms with E-state index < -0.39 is 0 Å². The Morgan fingerprint density at radius 2 is 2.71 bits per heavy atom. The van der Waals surface area contributed by atoms with Gasteiger partial charge in [-0.25, -0.2) is 0 Å². The van der Waals surface area contributed by atoms with Gasteiger partial charge in [0, 0.05) is 6.54 Å². The fourth-order valence-electron chi connectivity index (χ4n) is 0.641. The summed E-state index contributed by atoms with van der Waals surface area (Å²) in [5.74, 6) is 0. The molecule has 1 saturated heterocycles. The maximum Gasteiger partial charge on any atom is 0.0970 e. The van der Waals surface area contributed by atoms with Crippen LogP contribution >= 0.6 is 0 Å². The molecule has 0 bridgehead atoms. The van der Waals surface area contributed by atoms with Crippen LogP contribution in [0.4, 0.5) is 0 Å². The Labute approximate surface area is 43.9 Å². The number of rotatable bonds is 1. The van der Waals surface area contributed by atoms with Crippen LogP contribution in [0.5, 0.6) is 0 Å². The molecule has 41 valence electrons. The van der Waals surface area contributed by atoms with E-state index in [-0.39, 0.29) is 0 Å². The molecule has 2 heteroatoms. The number of hydrogen-bond acceptors (Lipinski definition) is 2. The molecule has 0 aliphatic carbocycles. The first-order valence-electron chi connectivity index (χ1n) is 2.55. The van der Waals surface area contributed by atoms with Gasteiger partial charge in [-0.1, -0.05) is 6.92 Å². The van der Waals surface area contributed by atoms with Gasteiger partial charge in [0.15, 0.2) is 0 Å². The summed E-state index contributed by atoms with van der Waals surface area (Å²) in [5.41, 5.74) is 0. The second kappa shape index (κ2) is 2.28. The maximum absolute atomic E-state index is 5.13. The van der Waals surface area contributed by atoms with Crippen molar-refractivity contribution in [3.63, 3.8) is 0 Å². The molecule has 0 spiro atoms. The lowest BCUT2D eigenvalue weighted by Gasteiger charge is -1.99. The van der Waals surface area contributed by atoms with E-state index >= 15 is 0 Å². The molecule has 0 saturated carbocycles. The van der Waals surface area contributed by atoms with Crippen molar-refractivity contribution in [2.75, 3.05) is 13.3 Å². The average Bonchev–Trinajstić information content (AvgIpc) is 2.14. The Morgan fingerprint density at radius 1 is 1.86 bits per heavy atom. The maximum atomic E-state index is 5.13. The molecule has 0 aromatic heterocycles. The molecule has 1 aliphatic heterocycles. The van der Waals surface area contributed by atoms with E-state index in [9.17, 15) is 0 Å². The third-order valence-corrected chi connectivity index (χ3v) is 1.12. The summed E-state index contributed by atoms with van der Waals surface area (Å²) in [6.45, 7) is 5.39. The van der Waals surface area contributed by atoms with Crippen molar-refractivity contribution in [1.29, 1.82) is 0 Å². The van der Waals surface area contributed by atoms with Crippen LogP contribution in [0.1, 0.15) is 6.42 Å². The van der Waals surface area contributed by atoms with Crippen molar-refractivity contribution in [1.82, 2.24) is 5.32 Å². The van der Waals surface area contributed by atoms with Crippen molar-refractivity contribution < 1.29 is 4.74 Å². The van der Waals surface area contributed by atoms with Gasteiger partial charge >= 0.3 is 0 Å². The van der Waals surface area contributed by atoms with Crippen LogP contribution in [-0.2, 0) is 4.74 Å². The molecule has 0 aromatic rings. The Hall–Kier alpha value is -0.0800. The number of nitrogens with one attached hydrogen (secondary N) is 1. The molecule has 2 nitrogen and oxygen atoms in total. The van der Waals surface area contributed by atoms with Crippen LogP contribution in [-0.4, -0.2) is 19.4 Å². The van der Waals surface area contributed by atoms with E-state index in [0.717, 1.165) is 13.0 Å². The monoisotopic (exact) mass is 100 g/mol. The van der Waals surface area contributed by atoms with Crippen LogP contribution < -0.4 is 5.32 Å². The zero-order valence-electron chi connectivity index (χ0n) is 4.31. The second-order valence-electron chi connectivity index (χ2n) is 1.68. The van der Waals surface area contributed by atoms with Crippen LogP contribution in [0.2, 0.25) is 0 Å². The number of ether oxygens (including phenoxy) is 1. The lowest BCUT2D eigenvalue weighted by molar-refractivity contribution is 0.115. The minimum Gasteiger partial charge on any atom is -0.362 e. The first kappa shape index (κ1) is 5.06. The largest absolute Gasteiger partial charge is 0.362 e. The summed E-state index contributed by atoms with van der Waals surface area (Å²) in [5, 5.41) is 3.06. The Kier molecular flexibility index (Phi) is 1.65. The lowest BCUT2D eigenvalue weighted by Crippen LogP contribution is -2.12. The molecule has 1 aliphatic rings. The highest BCUT2D eigenvalue weighted by molar-refractivity contribution is 4.65. The fraction of sp³-hybridized carbons (Fsp3) is 0.800.